The number of benzene rings is 1. The fourth-order valence-electron chi connectivity index (χ4n) is 2.10. The summed E-state index contributed by atoms with van der Waals surface area (Å²) in [5.74, 6) is -0.583. The van der Waals surface area contributed by atoms with E-state index in [1.807, 2.05) is 0 Å². The van der Waals surface area contributed by atoms with Crippen molar-refractivity contribution in [2.24, 2.45) is 5.92 Å². The highest BCUT2D eigenvalue weighted by atomic mass is 35.5. The van der Waals surface area contributed by atoms with Gasteiger partial charge in [0.15, 0.2) is 0 Å². The van der Waals surface area contributed by atoms with Gasteiger partial charge in [-0.3, -0.25) is 0 Å². The van der Waals surface area contributed by atoms with Crippen LogP contribution in [0.5, 0.6) is 0 Å². The normalized spacial score (nSPS) is 20.4. The van der Waals surface area contributed by atoms with Gasteiger partial charge in [-0.1, -0.05) is 11.6 Å². The summed E-state index contributed by atoms with van der Waals surface area (Å²) < 4.78 is 40.0. The van der Waals surface area contributed by atoms with Crippen LogP contribution in [0.2, 0.25) is 5.02 Å². The van der Waals surface area contributed by atoms with E-state index in [1.165, 1.54) is 12.1 Å². The van der Waals surface area contributed by atoms with Gasteiger partial charge in [-0.05, 0) is 50.0 Å². The van der Waals surface area contributed by atoms with E-state index in [0.717, 1.165) is 32.0 Å². The summed E-state index contributed by atoms with van der Waals surface area (Å²) in [4.78, 5) is -0.360. The van der Waals surface area contributed by atoms with Crippen molar-refractivity contribution in [3.63, 3.8) is 0 Å². The van der Waals surface area contributed by atoms with Crippen LogP contribution in [-0.4, -0.2) is 28.1 Å². The van der Waals surface area contributed by atoms with Crippen molar-refractivity contribution in [3.8, 4) is 0 Å². The molecule has 1 unspecified atom stereocenters. The Labute approximate surface area is 117 Å². The molecule has 0 radical (unpaired) electrons. The van der Waals surface area contributed by atoms with Crippen LogP contribution >= 0.6 is 11.6 Å². The van der Waals surface area contributed by atoms with E-state index in [0.29, 0.717) is 6.54 Å². The first-order chi connectivity index (χ1) is 8.99. The second-order valence-corrected chi connectivity index (χ2v) is 6.81. The van der Waals surface area contributed by atoms with Gasteiger partial charge in [-0.2, -0.15) is 0 Å². The highest BCUT2D eigenvalue weighted by molar-refractivity contribution is 7.89. The maximum atomic E-state index is 13.6. The van der Waals surface area contributed by atoms with Crippen molar-refractivity contribution >= 4 is 21.6 Å². The highest BCUT2D eigenvalue weighted by Gasteiger charge is 2.21. The molecule has 0 spiro atoms. The Kier molecular flexibility index (Phi) is 4.78. The Balaban J connectivity index is 2.05. The molecule has 2 N–H and O–H groups in total. The molecule has 1 fully saturated rings. The molecule has 0 amide bonds. The number of hydrogen-bond donors (Lipinski definition) is 2. The fourth-order valence-corrected chi connectivity index (χ4v) is 3.43. The van der Waals surface area contributed by atoms with Crippen LogP contribution in [0.15, 0.2) is 23.1 Å². The van der Waals surface area contributed by atoms with E-state index in [-0.39, 0.29) is 15.8 Å². The molecule has 1 saturated heterocycles. The number of hydrogen-bond acceptors (Lipinski definition) is 3. The molecule has 106 valence electrons. The van der Waals surface area contributed by atoms with Crippen molar-refractivity contribution < 1.29 is 12.8 Å². The molecule has 0 aromatic heterocycles. The second kappa shape index (κ2) is 6.17. The molecule has 0 aliphatic carbocycles. The van der Waals surface area contributed by atoms with Crippen LogP contribution in [0.25, 0.3) is 0 Å². The first-order valence-electron chi connectivity index (χ1n) is 6.14. The molecule has 0 saturated carbocycles. The maximum Gasteiger partial charge on any atom is 0.243 e. The Morgan fingerprint density at radius 2 is 2.26 bits per heavy atom. The van der Waals surface area contributed by atoms with Gasteiger partial charge in [0.25, 0.3) is 0 Å². The van der Waals surface area contributed by atoms with Crippen molar-refractivity contribution in [3.05, 3.63) is 29.0 Å². The van der Waals surface area contributed by atoms with Gasteiger partial charge in [0, 0.05) is 11.6 Å². The van der Waals surface area contributed by atoms with Crippen molar-refractivity contribution in [2.45, 2.75) is 17.7 Å². The summed E-state index contributed by atoms with van der Waals surface area (Å²) in [6.07, 6.45) is 2.00. The number of piperidine rings is 1. The minimum Gasteiger partial charge on any atom is -0.316 e. The Bertz CT molecular complexity index is 545. The quantitative estimate of drug-likeness (QED) is 0.891. The van der Waals surface area contributed by atoms with E-state index in [1.54, 1.807) is 0 Å². The third-order valence-electron chi connectivity index (χ3n) is 3.14. The van der Waals surface area contributed by atoms with E-state index in [2.05, 4.69) is 10.0 Å². The highest BCUT2D eigenvalue weighted by Crippen LogP contribution is 2.19. The van der Waals surface area contributed by atoms with Crippen LogP contribution in [0.3, 0.4) is 0 Å². The molecule has 1 aliphatic rings. The van der Waals surface area contributed by atoms with E-state index >= 15 is 0 Å². The van der Waals surface area contributed by atoms with Gasteiger partial charge >= 0.3 is 0 Å². The molecule has 19 heavy (non-hydrogen) atoms. The van der Waals surface area contributed by atoms with E-state index < -0.39 is 15.8 Å². The first-order valence-corrected chi connectivity index (χ1v) is 8.00. The summed E-state index contributed by atoms with van der Waals surface area (Å²) in [5, 5.41) is 3.38. The fraction of sp³-hybridized carbons (Fsp3) is 0.500. The molecular weight excluding hydrogens is 291 g/mol. The lowest BCUT2D eigenvalue weighted by atomic mass is 10.0. The minimum atomic E-state index is -3.82. The summed E-state index contributed by atoms with van der Waals surface area (Å²) in [6.45, 7) is 2.07. The number of nitrogens with one attached hydrogen (secondary N) is 2. The van der Waals surface area contributed by atoms with Crippen molar-refractivity contribution in [1.82, 2.24) is 10.0 Å². The van der Waals surface area contributed by atoms with Gasteiger partial charge in [0.2, 0.25) is 10.0 Å². The number of halogens is 2. The predicted molar refractivity (Wildman–Crippen MR) is 72.2 cm³/mol. The molecule has 1 aliphatic heterocycles. The SMILES string of the molecule is O=S(=O)(NCC1CCCNC1)c1ccc(Cl)cc1F. The lowest BCUT2D eigenvalue weighted by Gasteiger charge is -2.22. The molecule has 0 bridgehead atoms. The van der Waals surface area contributed by atoms with E-state index in [4.69, 9.17) is 11.6 Å². The molecular formula is C12H16ClFN2O2S. The molecule has 2 rings (SSSR count). The zero-order chi connectivity index (χ0) is 13.9. The topological polar surface area (TPSA) is 58.2 Å². The molecule has 1 aromatic rings. The lowest BCUT2D eigenvalue weighted by Crippen LogP contribution is -2.38. The van der Waals surface area contributed by atoms with Crippen LogP contribution < -0.4 is 10.0 Å². The number of rotatable bonds is 4. The maximum absolute atomic E-state index is 13.6. The smallest absolute Gasteiger partial charge is 0.243 e. The van der Waals surface area contributed by atoms with Crippen LogP contribution in [0.1, 0.15) is 12.8 Å². The molecule has 7 heteroatoms. The van der Waals surface area contributed by atoms with Gasteiger partial charge in [-0.15, -0.1) is 0 Å². The van der Waals surface area contributed by atoms with Gasteiger partial charge in [0.1, 0.15) is 10.7 Å². The molecule has 1 heterocycles. The Hall–Kier alpha value is -0.690. The van der Waals surface area contributed by atoms with Crippen molar-refractivity contribution in [2.75, 3.05) is 19.6 Å². The molecule has 1 aromatic carbocycles. The largest absolute Gasteiger partial charge is 0.316 e. The standard InChI is InChI=1S/C12H16ClFN2O2S/c13-10-3-4-12(11(14)6-10)19(17,18)16-8-9-2-1-5-15-7-9/h3-4,6,9,15-16H,1-2,5,7-8H2. The second-order valence-electron chi connectivity index (χ2n) is 4.64. The average molecular weight is 307 g/mol. The Morgan fingerprint density at radius 1 is 1.47 bits per heavy atom. The van der Waals surface area contributed by atoms with E-state index in [9.17, 15) is 12.8 Å². The molecule has 1 atom stereocenters. The van der Waals surface area contributed by atoms with Crippen LogP contribution in [0, 0.1) is 11.7 Å². The van der Waals surface area contributed by atoms with Gasteiger partial charge in [0.05, 0.1) is 0 Å². The number of sulfonamides is 1. The summed E-state index contributed by atoms with van der Waals surface area (Å²) in [6, 6.07) is 3.54. The van der Waals surface area contributed by atoms with Gasteiger partial charge in [-0.25, -0.2) is 17.5 Å². The lowest BCUT2D eigenvalue weighted by molar-refractivity contribution is 0.375. The zero-order valence-electron chi connectivity index (χ0n) is 10.3. The summed E-state index contributed by atoms with van der Waals surface area (Å²) in [7, 11) is -3.82. The monoisotopic (exact) mass is 306 g/mol. The van der Waals surface area contributed by atoms with Crippen LogP contribution in [-0.2, 0) is 10.0 Å². The van der Waals surface area contributed by atoms with Crippen molar-refractivity contribution in [1.29, 1.82) is 0 Å². The zero-order valence-corrected chi connectivity index (χ0v) is 11.9. The minimum absolute atomic E-state index is 0.174. The van der Waals surface area contributed by atoms with Gasteiger partial charge < -0.3 is 5.32 Å². The van der Waals surface area contributed by atoms with Crippen LogP contribution in [0.4, 0.5) is 4.39 Å². The average Bonchev–Trinajstić information content (AvgIpc) is 2.37. The summed E-state index contributed by atoms with van der Waals surface area (Å²) in [5.41, 5.74) is 0. The molecule has 4 nitrogen and oxygen atoms in total. The first kappa shape index (κ1) is 14.7. The summed E-state index contributed by atoms with van der Waals surface area (Å²) >= 11 is 5.60. The predicted octanol–water partition coefficient (Wildman–Crippen LogP) is 1.76. The Morgan fingerprint density at radius 3 is 2.89 bits per heavy atom. The third kappa shape index (κ3) is 3.89. The third-order valence-corrected chi connectivity index (χ3v) is 4.84.